The SMILES string of the molecule is C=C[C@@H]1CCC[C@@H](OS(C)(=O)=O)C1.C=C[C@H]1CCC[C@H](OS(C)(=O)=O)C1. The Morgan fingerprint density at radius 2 is 1.08 bits per heavy atom. The molecular weight excluding hydrogens is 376 g/mol. The second-order valence-electron chi connectivity index (χ2n) is 7.17. The van der Waals surface area contributed by atoms with E-state index >= 15 is 0 Å². The fourth-order valence-corrected chi connectivity index (χ4v) is 4.80. The molecule has 2 rings (SSSR count). The van der Waals surface area contributed by atoms with Crippen LogP contribution in [0.1, 0.15) is 51.4 Å². The number of hydrogen-bond acceptors (Lipinski definition) is 6. The molecule has 2 fully saturated rings. The lowest BCUT2D eigenvalue weighted by atomic mass is 9.87. The van der Waals surface area contributed by atoms with Crippen molar-refractivity contribution in [3.63, 3.8) is 0 Å². The second-order valence-corrected chi connectivity index (χ2v) is 10.4. The standard InChI is InChI=1S/2C9H16O3S/c2*1-3-8-5-4-6-9(7-8)12-13(2,10)11/h2*3,8-9H,1,4-7H2,2H3/t2*8-,9-/m10/s1. The molecule has 0 saturated heterocycles. The van der Waals surface area contributed by atoms with Crippen molar-refractivity contribution in [3.05, 3.63) is 25.3 Å². The Morgan fingerprint density at radius 3 is 1.35 bits per heavy atom. The minimum Gasteiger partial charge on any atom is -0.267 e. The summed E-state index contributed by atoms with van der Waals surface area (Å²) in [5.41, 5.74) is 0. The summed E-state index contributed by atoms with van der Waals surface area (Å²) < 4.78 is 53.3. The number of allylic oxidation sites excluding steroid dienone is 2. The van der Waals surface area contributed by atoms with Crippen molar-refractivity contribution < 1.29 is 25.2 Å². The molecule has 0 amide bonds. The molecule has 0 aliphatic heterocycles. The monoisotopic (exact) mass is 408 g/mol. The lowest BCUT2D eigenvalue weighted by molar-refractivity contribution is 0.144. The highest BCUT2D eigenvalue weighted by Crippen LogP contribution is 2.28. The summed E-state index contributed by atoms with van der Waals surface area (Å²) in [6, 6.07) is 0. The molecule has 0 bridgehead atoms. The maximum Gasteiger partial charge on any atom is 0.264 e. The van der Waals surface area contributed by atoms with Gasteiger partial charge in [0, 0.05) is 0 Å². The van der Waals surface area contributed by atoms with Crippen LogP contribution in [0.25, 0.3) is 0 Å². The van der Waals surface area contributed by atoms with E-state index in [4.69, 9.17) is 8.37 Å². The van der Waals surface area contributed by atoms with Gasteiger partial charge in [-0.15, -0.1) is 13.2 Å². The van der Waals surface area contributed by atoms with Gasteiger partial charge < -0.3 is 0 Å². The van der Waals surface area contributed by atoms with Gasteiger partial charge in [0.05, 0.1) is 24.7 Å². The summed E-state index contributed by atoms with van der Waals surface area (Å²) in [7, 11) is -6.58. The number of rotatable bonds is 6. The minimum atomic E-state index is -3.29. The normalized spacial score (nSPS) is 29.9. The Labute approximate surface area is 158 Å². The van der Waals surface area contributed by atoms with Gasteiger partial charge in [0.25, 0.3) is 20.2 Å². The molecular formula is C18H32O6S2. The van der Waals surface area contributed by atoms with Crippen molar-refractivity contribution >= 4 is 20.2 Å². The van der Waals surface area contributed by atoms with Crippen LogP contribution < -0.4 is 0 Å². The molecule has 0 radical (unpaired) electrons. The van der Waals surface area contributed by atoms with E-state index < -0.39 is 20.2 Å². The molecule has 4 atom stereocenters. The molecule has 2 saturated carbocycles. The highest BCUT2D eigenvalue weighted by Gasteiger charge is 2.24. The predicted molar refractivity (Wildman–Crippen MR) is 104 cm³/mol. The molecule has 0 unspecified atom stereocenters. The molecule has 2 aliphatic rings. The van der Waals surface area contributed by atoms with Crippen LogP contribution in [0.2, 0.25) is 0 Å². The van der Waals surface area contributed by atoms with E-state index in [1.165, 1.54) is 0 Å². The molecule has 2 aliphatic carbocycles. The highest BCUT2D eigenvalue weighted by molar-refractivity contribution is 7.86. The van der Waals surface area contributed by atoms with Crippen LogP contribution in [-0.4, -0.2) is 41.6 Å². The van der Waals surface area contributed by atoms with Crippen LogP contribution in [0.3, 0.4) is 0 Å². The van der Waals surface area contributed by atoms with Crippen molar-refractivity contribution in [2.24, 2.45) is 11.8 Å². The lowest BCUT2D eigenvalue weighted by Crippen LogP contribution is -2.24. The Bertz CT molecular complexity index is 595. The molecule has 152 valence electrons. The van der Waals surface area contributed by atoms with Gasteiger partial charge in [-0.2, -0.15) is 16.8 Å². The molecule has 0 heterocycles. The Balaban J connectivity index is 0.000000260. The van der Waals surface area contributed by atoms with Crippen molar-refractivity contribution in [2.45, 2.75) is 63.6 Å². The number of hydrogen-bond donors (Lipinski definition) is 0. The maximum absolute atomic E-state index is 10.8. The molecule has 8 heteroatoms. The topological polar surface area (TPSA) is 86.7 Å². The third kappa shape index (κ3) is 10.4. The molecule has 0 aromatic carbocycles. The fourth-order valence-electron chi connectivity index (χ4n) is 3.46. The van der Waals surface area contributed by atoms with Gasteiger partial charge in [-0.3, -0.25) is 8.37 Å². The first kappa shape index (κ1) is 23.3. The van der Waals surface area contributed by atoms with Crippen molar-refractivity contribution in [2.75, 3.05) is 12.5 Å². The van der Waals surface area contributed by atoms with Gasteiger partial charge in [0.15, 0.2) is 0 Å². The Kier molecular flexibility index (Phi) is 9.50. The smallest absolute Gasteiger partial charge is 0.264 e. The van der Waals surface area contributed by atoms with Gasteiger partial charge in [-0.1, -0.05) is 25.0 Å². The molecule has 0 N–H and O–H groups in total. The molecule has 0 aromatic heterocycles. The molecule has 0 aromatic rings. The van der Waals surface area contributed by atoms with E-state index in [1.807, 2.05) is 12.2 Å². The average Bonchev–Trinajstić information content (AvgIpc) is 2.52. The Hall–Kier alpha value is -0.700. The summed E-state index contributed by atoms with van der Waals surface area (Å²) >= 11 is 0. The largest absolute Gasteiger partial charge is 0.267 e. The third-order valence-electron chi connectivity index (χ3n) is 4.62. The lowest BCUT2D eigenvalue weighted by Gasteiger charge is -2.25. The van der Waals surface area contributed by atoms with E-state index in [1.54, 1.807) is 0 Å². The van der Waals surface area contributed by atoms with Gasteiger partial charge in [-0.05, 0) is 50.4 Å². The van der Waals surface area contributed by atoms with Gasteiger partial charge in [0.1, 0.15) is 0 Å². The van der Waals surface area contributed by atoms with Gasteiger partial charge in [-0.25, -0.2) is 0 Å². The fraction of sp³-hybridized carbons (Fsp3) is 0.778. The van der Waals surface area contributed by atoms with Crippen LogP contribution in [0.4, 0.5) is 0 Å². The summed E-state index contributed by atoms with van der Waals surface area (Å²) in [4.78, 5) is 0. The van der Waals surface area contributed by atoms with E-state index in [9.17, 15) is 16.8 Å². The zero-order valence-electron chi connectivity index (χ0n) is 15.8. The second kappa shape index (κ2) is 10.6. The highest BCUT2D eigenvalue weighted by atomic mass is 32.2. The van der Waals surface area contributed by atoms with Gasteiger partial charge in [0.2, 0.25) is 0 Å². The van der Waals surface area contributed by atoms with Crippen LogP contribution in [0.5, 0.6) is 0 Å². The summed E-state index contributed by atoms with van der Waals surface area (Å²) in [6.45, 7) is 7.42. The first-order chi connectivity index (χ1) is 12.0. The van der Waals surface area contributed by atoms with Crippen LogP contribution in [0.15, 0.2) is 25.3 Å². The van der Waals surface area contributed by atoms with E-state index in [2.05, 4.69) is 13.2 Å². The summed E-state index contributed by atoms with van der Waals surface area (Å²) in [5.74, 6) is 0.834. The van der Waals surface area contributed by atoms with Crippen LogP contribution in [-0.2, 0) is 28.6 Å². The van der Waals surface area contributed by atoms with Crippen molar-refractivity contribution in [3.8, 4) is 0 Å². The molecule has 6 nitrogen and oxygen atoms in total. The van der Waals surface area contributed by atoms with Crippen molar-refractivity contribution in [1.82, 2.24) is 0 Å². The van der Waals surface area contributed by atoms with Crippen molar-refractivity contribution in [1.29, 1.82) is 0 Å². The van der Waals surface area contributed by atoms with E-state index in [0.717, 1.165) is 63.9 Å². The van der Waals surface area contributed by atoms with Crippen LogP contribution in [0, 0.1) is 11.8 Å². The molecule has 0 spiro atoms. The maximum atomic E-state index is 10.8. The summed E-state index contributed by atoms with van der Waals surface area (Å²) in [5, 5.41) is 0. The zero-order chi connectivity index (χ0) is 19.8. The van der Waals surface area contributed by atoms with Crippen LogP contribution >= 0.6 is 0 Å². The minimum absolute atomic E-state index is 0.133. The van der Waals surface area contributed by atoms with E-state index in [-0.39, 0.29) is 12.2 Å². The average molecular weight is 409 g/mol. The van der Waals surface area contributed by atoms with Gasteiger partial charge >= 0.3 is 0 Å². The zero-order valence-corrected chi connectivity index (χ0v) is 17.4. The summed E-state index contributed by atoms with van der Waals surface area (Å²) in [6.07, 6.45) is 13.2. The molecule has 26 heavy (non-hydrogen) atoms. The predicted octanol–water partition coefficient (Wildman–Crippen LogP) is 3.41. The first-order valence-corrected chi connectivity index (χ1v) is 12.7. The first-order valence-electron chi connectivity index (χ1n) is 9.04. The quantitative estimate of drug-likeness (QED) is 0.494. The van der Waals surface area contributed by atoms with E-state index in [0.29, 0.717) is 11.8 Å². The third-order valence-corrected chi connectivity index (χ3v) is 5.87. The Morgan fingerprint density at radius 1 is 0.731 bits per heavy atom.